The summed E-state index contributed by atoms with van der Waals surface area (Å²) in [6.07, 6.45) is 2.91. The highest BCUT2D eigenvalue weighted by Gasteiger charge is 2.35. The smallest absolute Gasteiger partial charge is 0.336 e. The van der Waals surface area contributed by atoms with Gasteiger partial charge in [-0.15, -0.1) is 0 Å². The van der Waals surface area contributed by atoms with Crippen LogP contribution >= 0.6 is 11.6 Å². The van der Waals surface area contributed by atoms with Crippen LogP contribution in [-0.2, 0) is 28.6 Å². The van der Waals surface area contributed by atoms with Gasteiger partial charge in [0.2, 0.25) is 0 Å². The zero-order valence-electron chi connectivity index (χ0n) is 14.5. The van der Waals surface area contributed by atoms with E-state index >= 15 is 0 Å². The van der Waals surface area contributed by atoms with Crippen LogP contribution in [0.1, 0.15) is 11.5 Å². The van der Waals surface area contributed by atoms with Gasteiger partial charge in [-0.05, 0) is 17.7 Å². The van der Waals surface area contributed by atoms with Gasteiger partial charge in [0, 0.05) is 17.4 Å². The van der Waals surface area contributed by atoms with Crippen molar-refractivity contribution in [1.82, 2.24) is 4.90 Å². The zero-order valence-corrected chi connectivity index (χ0v) is 15.3. The SMILES string of the molecule is COC(=O)CN1C=C(C(=O)OC)C(c2ccc(Cl)cc2)C(C(=O)OC)=C1. The fraction of sp³-hybridized carbons (Fsp3) is 0.278. The van der Waals surface area contributed by atoms with E-state index in [0.717, 1.165) is 0 Å². The fourth-order valence-electron chi connectivity index (χ4n) is 2.61. The molecule has 0 saturated heterocycles. The van der Waals surface area contributed by atoms with Crippen molar-refractivity contribution in [2.24, 2.45) is 0 Å². The van der Waals surface area contributed by atoms with Crippen LogP contribution in [0.3, 0.4) is 0 Å². The second-order valence-corrected chi connectivity index (χ2v) is 5.82. The second-order valence-electron chi connectivity index (χ2n) is 5.39. The molecular formula is C18H18ClNO6. The lowest BCUT2D eigenvalue weighted by molar-refractivity contribution is -0.142. The molecule has 0 fully saturated rings. The van der Waals surface area contributed by atoms with Crippen molar-refractivity contribution < 1.29 is 28.6 Å². The molecule has 0 unspecified atom stereocenters. The van der Waals surface area contributed by atoms with Crippen LogP contribution in [0.25, 0.3) is 0 Å². The van der Waals surface area contributed by atoms with E-state index in [1.54, 1.807) is 24.3 Å². The Hall–Kier alpha value is -2.80. The number of methoxy groups -OCH3 is 3. The number of hydrogen-bond acceptors (Lipinski definition) is 7. The number of benzene rings is 1. The molecule has 138 valence electrons. The summed E-state index contributed by atoms with van der Waals surface area (Å²) in [5.74, 6) is -2.51. The van der Waals surface area contributed by atoms with Crippen molar-refractivity contribution >= 4 is 29.5 Å². The molecule has 0 aliphatic carbocycles. The van der Waals surface area contributed by atoms with Crippen LogP contribution in [-0.4, -0.2) is 50.7 Å². The predicted molar refractivity (Wildman–Crippen MR) is 93.1 cm³/mol. The molecule has 0 amide bonds. The minimum absolute atomic E-state index is 0.176. The molecule has 26 heavy (non-hydrogen) atoms. The number of rotatable bonds is 5. The molecule has 0 saturated carbocycles. The van der Waals surface area contributed by atoms with E-state index in [0.29, 0.717) is 10.6 Å². The Kier molecular flexibility index (Phi) is 6.41. The minimum Gasteiger partial charge on any atom is -0.468 e. The van der Waals surface area contributed by atoms with Gasteiger partial charge in [-0.2, -0.15) is 0 Å². The van der Waals surface area contributed by atoms with E-state index in [1.807, 2.05) is 0 Å². The third-order valence-corrected chi connectivity index (χ3v) is 4.07. The van der Waals surface area contributed by atoms with Crippen LogP contribution in [0.5, 0.6) is 0 Å². The van der Waals surface area contributed by atoms with E-state index < -0.39 is 23.8 Å². The quantitative estimate of drug-likeness (QED) is 0.571. The molecule has 0 radical (unpaired) electrons. The van der Waals surface area contributed by atoms with Crippen LogP contribution < -0.4 is 0 Å². The molecule has 0 spiro atoms. The first-order chi connectivity index (χ1) is 12.4. The number of esters is 3. The number of carbonyl (C=O) groups excluding carboxylic acids is 3. The zero-order chi connectivity index (χ0) is 19.3. The number of carbonyl (C=O) groups is 3. The predicted octanol–water partition coefficient (Wildman–Crippen LogP) is 2.03. The molecule has 1 aromatic rings. The van der Waals surface area contributed by atoms with Crippen molar-refractivity contribution in [3.63, 3.8) is 0 Å². The van der Waals surface area contributed by atoms with Gasteiger partial charge in [-0.1, -0.05) is 23.7 Å². The molecule has 2 rings (SSSR count). The topological polar surface area (TPSA) is 82.1 Å². The highest BCUT2D eigenvalue weighted by molar-refractivity contribution is 6.30. The Morgan fingerprint density at radius 1 is 0.923 bits per heavy atom. The summed E-state index contributed by atoms with van der Waals surface area (Å²) in [6.45, 7) is -0.176. The summed E-state index contributed by atoms with van der Waals surface area (Å²) in [4.78, 5) is 37.6. The molecule has 0 bridgehead atoms. The highest BCUT2D eigenvalue weighted by atomic mass is 35.5. The molecule has 1 aromatic carbocycles. The first-order valence-electron chi connectivity index (χ1n) is 7.59. The minimum atomic E-state index is -0.721. The van der Waals surface area contributed by atoms with Crippen molar-refractivity contribution in [3.8, 4) is 0 Å². The van der Waals surface area contributed by atoms with E-state index in [4.69, 9.17) is 21.1 Å². The van der Waals surface area contributed by atoms with Gasteiger partial charge in [-0.3, -0.25) is 4.79 Å². The lowest BCUT2D eigenvalue weighted by atomic mass is 9.83. The van der Waals surface area contributed by atoms with Crippen LogP contribution in [0, 0.1) is 0 Å². The first-order valence-corrected chi connectivity index (χ1v) is 7.97. The van der Waals surface area contributed by atoms with Gasteiger partial charge in [0.05, 0.1) is 38.4 Å². The van der Waals surface area contributed by atoms with Crippen molar-refractivity contribution in [1.29, 1.82) is 0 Å². The summed E-state index contributed by atoms with van der Waals surface area (Å²) in [5.41, 5.74) is 1.02. The summed E-state index contributed by atoms with van der Waals surface area (Å²) >= 11 is 5.93. The van der Waals surface area contributed by atoms with Crippen LogP contribution in [0.2, 0.25) is 5.02 Å². The largest absolute Gasteiger partial charge is 0.468 e. The first kappa shape index (κ1) is 19.5. The summed E-state index contributed by atoms with van der Waals surface area (Å²) in [7, 11) is 3.73. The summed E-state index contributed by atoms with van der Waals surface area (Å²) in [6, 6.07) is 6.72. The number of nitrogens with zero attached hydrogens (tertiary/aromatic N) is 1. The van der Waals surface area contributed by atoms with Crippen molar-refractivity contribution in [2.75, 3.05) is 27.9 Å². The Bertz CT molecular complexity index is 734. The lowest BCUT2D eigenvalue weighted by Gasteiger charge is -2.29. The van der Waals surface area contributed by atoms with Gasteiger partial charge in [0.25, 0.3) is 0 Å². The van der Waals surface area contributed by atoms with Crippen molar-refractivity contribution in [2.45, 2.75) is 5.92 Å². The van der Waals surface area contributed by atoms with Crippen molar-refractivity contribution in [3.05, 3.63) is 58.4 Å². The van der Waals surface area contributed by atoms with E-state index in [-0.39, 0.29) is 17.7 Å². The Balaban J connectivity index is 2.56. The average molecular weight is 380 g/mol. The molecule has 0 aromatic heterocycles. The monoisotopic (exact) mass is 379 g/mol. The standard InChI is InChI=1S/C18H18ClNO6/c1-24-15(21)10-20-8-13(17(22)25-2)16(14(9-20)18(23)26-3)11-4-6-12(19)7-5-11/h4-9,16H,10H2,1-3H3. The van der Waals surface area contributed by atoms with E-state index in [2.05, 4.69) is 4.74 Å². The average Bonchev–Trinajstić information content (AvgIpc) is 2.66. The molecular weight excluding hydrogens is 362 g/mol. The van der Waals surface area contributed by atoms with E-state index in [9.17, 15) is 14.4 Å². The normalized spacial score (nSPS) is 14.2. The molecule has 0 atom stereocenters. The fourth-order valence-corrected chi connectivity index (χ4v) is 2.73. The van der Waals surface area contributed by atoms with Gasteiger partial charge in [0.15, 0.2) is 0 Å². The molecule has 1 heterocycles. The maximum absolute atomic E-state index is 12.3. The van der Waals surface area contributed by atoms with E-state index in [1.165, 1.54) is 38.6 Å². The number of halogens is 1. The van der Waals surface area contributed by atoms with Crippen LogP contribution in [0.15, 0.2) is 47.8 Å². The second kappa shape index (κ2) is 8.53. The third kappa shape index (κ3) is 4.23. The van der Waals surface area contributed by atoms with Crippen LogP contribution in [0.4, 0.5) is 0 Å². The molecule has 8 heteroatoms. The molecule has 1 aliphatic rings. The third-order valence-electron chi connectivity index (χ3n) is 3.82. The lowest BCUT2D eigenvalue weighted by Crippen LogP contribution is -2.31. The Labute approximate surface area is 155 Å². The summed E-state index contributed by atoms with van der Waals surface area (Å²) in [5, 5.41) is 0.518. The van der Waals surface area contributed by atoms with Gasteiger partial charge in [-0.25, -0.2) is 9.59 Å². The Morgan fingerprint density at radius 3 is 1.85 bits per heavy atom. The maximum atomic E-state index is 12.3. The summed E-state index contributed by atoms with van der Waals surface area (Å²) < 4.78 is 14.3. The molecule has 0 N–H and O–H groups in total. The van der Waals surface area contributed by atoms with Gasteiger partial charge >= 0.3 is 17.9 Å². The highest BCUT2D eigenvalue weighted by Crippen LogP contribution is 2.37. The Morgan fingerprint density at radius 2 is 1.42 bits per heavy atom. The molecule has 1 aliphatic heterocycles. The molecule has 7 nitrogen and oxygen atoms in total. The number of hydrogen-bond donors (Lipinski definition) is 0. The maximum Gasteiger partial charge on any atom is 0.336 e. The number of ether oxygens (including phenoxy) is 3. The van der Waals surface area contributed by atoms with Gasteiger partial charge < -0.3 is 19.1 Å². The van der Waals surface area contributed by atoms with Gasteiger partial charge in [0.1, 0.15) is 6.54 Å².